The SMILES string of the molecule is O=CNC1(C(=O)Nc2ccc3[nH]nc(-c4ccc(F)cc4)c3c2)CCN(CC(=O)N2CCN(c3ccc(C4=NC=CCN4)cc3)CC2)C1. The normalized spacial score (nSPS) is 19.6. The molecule has 2 saturated heterocycles. The summed E-state index contributed by atoms with van der Waals surface area (Å²) in [7, 11) is 0. The molecule has 0 saturated carbocycles. The summed E-state index contributed by atoms with van der Waals surface area (Å²) >= 11 is 0. The molecule has 246 valence electrons. The molecule has 4 aromatic rings. The summed E-state index contributed by atoms with van der Waals surface area (Å²) in [6.45, 7) is 4.25. The van der Waals surface area contributed by atoms with Crippen LogP contribution in [0.5, 0.6) is 0 Å². The lowest BCUT2D eigenvalue weighted by Crippen LogP contribution is -2.56. The molecule has 12 nitrogen and oxygen atoms in total. The van der Waals surface area contributed by atoms with Gasteiger partial charge in [-0.05, 0) is 79.2 Å². The summed E-state index contributed by atoms with van der Waals surface area (Å²) in [6, 6.07) is 19.7. The van der Waals surface area contributed by atoms with E-state index in [9.17, 15) is 18.8 Å². The van der Waals surface area contributed by atoms with Gasteiger partial charge in [0.1, 0.15) is 17.2 Å². The molecule has 4 N–H and O–H groups in total. The number of amides is 3. The van der Waals surface area contributed by atoms with Crippen molar-refractivity contribution >= 4 is 46.3 Å². The van der Waals surface area contributed by atoms with Gasteiger partial charge in [-0.1, -0.05) is 0 Å². The number of rotatable bonds is 9. The number of carbonyl (C=O) groups is 3. The number of aromatic amines is 1. The van der Waals surface area contributed by atoms with Crippen molar-refractivity contribution in [1.82, 2.24) is 30.6 Å². The molecule has 1 atom stereocenters. The van der Waals surface area contributed by atoms with Crippen molar-refractivity contribution < 1.29 is 18.8 Å². The van der Waals surface area contributed by atoms with Gasteiger partial charge in [0, 0.05) is 79.9 Å². The van der Waals surface area contributed by atoms with Crippen molar-refractivity contribution in [3.05, 3.63) is 90.4 Å². The summed E-state index contributed by atoms with van der Waals surface area (Å²) < 4.78 is 13.5. The number of nitrogens with one attached hydrogen (secondary N) is 4. The molecule has 0 radical (unpaired) electrons. The molecule has 4 heterocycles. The number of amidine groups is 1. The Balaban J connectivity index is 0.951. The summed E-state index contributed by atoms with van der Waals surface area (Å²) in [5.41, 5.74) is 3.61. The second kappa shape index (κ2) is 13.3. The highest BCUT2D eigenvalue weighted by molar-refractivity contribution is 6.03. The third-order valence-corrected chi connectivity index (χ3v) is 9.25. The number of fused-ring (bicyclic) bond motifs is 1. The molecule has 0 spiro atoms. The first-order chi connectivity index (χ1) is 23.4. The summed E-state index contributed by atoms with van der Waals surface area (Å²) in [4.78, 5) is 49.1. The lowest BCUT2D eigenvalue weighted by atomic mass is 9.97. The molecule has 3 aliphatic rings. The third kappa shape index (κ3) is 6.36. The lowest BCUT2D eigenvalue weighted by Gasteiger charge is -2.37. The van der Waals surface area contributed by atoms with Crippen LogP contribution < -0.4 is 20.9 Å². The Morgan fingerprint density at radius 1 is 0.958 bits per heavy atom. The molecule has 1 aromatic heterocycles. The van der Waals surface area contributed by atoms with E-state index in [2.05, 4.69) is 60.3 Å². The van der Waals surface area contributed by atoms with Gasteiger partial charge in [0.05, 0.1) is 17.8 Å². The molecule has 13 heteroatoms. The van der Waals surface area contributed by atoms with Gasteiger partial charge in [-0.2, -0.15) is 5.10 Å². The zero-order chi connectivity index (χ0) is 33.1. The van der Waals surface area contributed by atoms with Crippen LogP contribution in [-0.2, 0) is 14.4 Å². The first-order valence-electron chi connectivity index (χ1n) is 16.0. The Morgan fingerprint density at radius 3 is 2.46 bits per heavy atom. The van der Waals surface area contributed by atoms with Gasteiger partial charge in [-0.15, -0.1) is 0 Å². The highest BCUT2D eigenvalue weighted by Gasteiger charge is 2.45. The van der Waals surface area contributed by atoms with E-state index in [1.54, 1.807) is 30.3 Å². The monoisotopic (exact) mass is 649 g/mol. The molecule has 1 unspecified atom stereocenters. The standard InChI is InChI=1S/C35H36FN9O3/c36-26-6-2-24(3-7-26)32-29-20-27(8-11-30(29)41-42-32)40-34(48)35(39-23-46)12-15-43(22-35)21-31(47)45-18-16-44(17-19-45)28-9-4-25(5-10-28)33-37-13-1-14-38-33/h1-11,13,20,23H,12,14-19,21-22H2,(H,37,38)(H,39,46)(H,40,48)(H,41,42). The van der Waals surface area contributed by atoms with E-state index in [0.29, 0.717) is 43.8 Å². The van der Waals surface area contributed by atoms with Crippen LogP contribution >= 0.6 is 0 Å². The third-order valence-electron chi connectivity index (χ3n) is 9.25. The molecule has 2 fully saturated rings. The second-order valence-corrected chi connectivity index (χ2v) is 12.3. The van der Waals surface area contributed by atoms with Gasteiger partial charge in [-0.3, -0.25) is 24.4 Å². The molecule has 7 rings (SSSR count). The van der Waals surface area contributed by atoms with Crippen LogP contribution in [0.1, 0.15) is 12.0 Å². The van der Waals surface area contributed by atoms with Gasteiger partial charge >= 0.3 is 0 Å². The van der Waals surface area contributed by atoms with Crippen molar-refractivity contribution in [1.29, 1.82) is 0 Å². The average Bonchev–Trinajstić information content (AvgIpc) is 3.74. The maximum absolute atomic E-state index is 13.7. The van der Waals surface area contributed by atoms with Gasteiger partial charge in [0.15, 0.2) is 0 Å². The average molecular weight is 650 g/mol. The van der Waals surface area contributed by atoms with Crippen LogP contribution in [0.15, 0.2) is 84.0 Å². The number of likely N-dealkylation sites (tertiary alicyclic amines) is 1. The van der Waals surface area contributed by atoms with Gasteiger partial charge in [-0.25, -0.2) is 9.38 Å². The highest BCUT2D eigenvalue weighted by atomic mass is 19.1. The molecule has 48 heavy (non-hydrogen) atoms. The number of hydrogen-bond donors (Lipinski definition) is 4. The minimum absolute atomic E-state index is 0.000445. The highest BCUT2D eigenvalue weighted by Crippen LogP contribution is 2.30. The molecule has 3 amide bonds. The van der Waals surface area contributed by atoms with Crippen LogP contribution in [0.2, 0.25) is 0 Å². The van der Waals surface area contributed by atoms with Crippen molar-refractivity contribution in [2.45, 2.75) is 12.0 Å². The quantitative estimate of drug-likeness (QED) is 0.205. The van der Waals surface area contributed by atoms with Gasteiger partial charge < -0.3 is 25.8 Å². The molecule has 3 aromatic carbocycles. The summed E-state index contributed by atoms with van der Waals surface area (Å²) in [5, 5.41) is 17.1. The van der Waals surface area contributed by atoms with E-state index in [-0.39, 0.29) is 30.7 Å². The topological polar surface area (TPSA) is 138 Å². The smallest absolute Gasteiger partial charge is 0.251 e. The van der Waals surface area contributed by atoms with Gasteiger partial charge in [0.25, 0.3) is 5.91 Å². The van der Waals surface area contributed by atoms with E-state index in [4.69, 9.17) is 0 Å². The van der Waals surface area contributed by atoms with Crippen LogP contribution in [0.3, 0.4) is 0 Å². The number of benzene rings is 3. The number of piperazine rings is 1. The molecule has 0 aliphatic carbocycles. The number of aromatic nitrogens is 2. The van der Waals surface area contributed by atoms with Crippen LogP contribution in [0.4, 0.5) is 15.8 Å². The molecular formula is C35H36FN9O3. The Hall–Kier alpha value is -5.56. The number of carbonyl (C=O) groups excluding carboxylic acids is 3. The second-order valence-electron chi connectivity index (χ2n) is 12.3. The number of nitrogens with zero attached hydrogens (tertiary/aromatic N) is 5. The predicted octanol–water partition coefficient (Wildman–Crippen LogP) is 2.71. The number of hydrogen-bond acceptors (Lipinski definition) is 8. The van der Waals surface area contributed by atoms with E-state index in [1.165, 1.54) is 12.1 Å². The minimum atomic E-state index is -1.19. The van der Waals surface area contributed by atoms with Crippen LogP contribution in [0, 0.1) is 5.82 Å². The zero-order valence-corrected chi connectivity index (χ0v) is 26.3. The van der Waals surface area contributed by atoms with Crippen molar-refractivity contribution in [3.63, 3.8) is 0 Å². The largest absolute Gasteiger partial charge is 0.368 e. The predicted molar refractivity (Wildman–Crippen MR) is 182 cm³/mol. The molecular weight excluding hydrogens is 613 g/mol. The summed E-state index contributed by atoms with van der Waals surface area (Å²) in [5.74, 6) is 0.159. The van der Waals surface area contributed by atoms with E-state index >= 15 is 0 Å². The Labute approximate surface area is 276 Å². The minimum Gasteiger partial charge on any atom is -0.368 e. The number of anilines is 2. The maximum Gasteiger partial charge on any atom is 0.251 e. The first kappa shape index (κ1) is 31.1. The van der Waals surface area contributed by atoms with Gasteiger partial charge in [0.2, 0.25) is 12.3 Å². The first-order valence-corrected chi connectivity index (χ1v) is 16.0. The summed E-state index contributed by atoms with van der Waals surface area (Å²) in [6.07, 6.45) is 4.68. The Bertz CT molecular complexity index is 1880. The Kier molecular flexibility index (Phi) is 8.59. The van der Waals surface area contributed by atoms with Crippen molar-refractivity contribution in [2.75, 3.05) is 62.6 Å². The van der Waals surface area contributed by atoms with E-state index in [0.717, 1.165) is 53.2 Å². The number of H-pyrrole nitrogens is 1. The fraction of sp³-hybridized carbons (Fsp3) is 0.286. The van der Waals surface area contributed by atoms with Crippen molar-refractivity contribution in [2.24, 2.45) is 4.99 Å². The zero-order valence-electron chi connectivity index (χ0n) is 26.3. The Morgan fingerprint density at radius 2 is 1.73 bits per heavy atom. The van der Waals surface area contributed by atoms with E-state index in [1.807, 2.05) is 22.1 Å². The molecule has 3 aliphatic heterocycles. The maximum atomic E-state index is 13.7. The van der Waals surface area contributed by atoms with E-state index < -0.39 is 5.54 Å². The fourth-order valence-electron chi connectivity index (χ4n) is 6.57. The number of aliphatic imine (C=N–C) groups is 1. The number of halogens is 1. The van der Waals surface area contributed by atoms with Crippen LogP contribution in [-0.4, -0.2) is 102 Å². The molecule has 0 bridgehead atoms. The van der Waals surface area contributed by atoms with Crippen LogP contribution in [0.25, 0.3) is 22.2 Å². The van der Waals surface area contributed by atoms with Crippen molar-refractivity contribution in [3.8, 4) is 11.3 Å². The fourth-order valence-corrected chi connectivity index (χ4v) is 6.57. The lowest BCUT2D eigenvalue weighted by molar-refractivity contribution is -0.133.